The largest absolute Gasteiger partial charge is 0.465 e. The van der Waals surface area contributed by atoms with E-state index in [1.807, 2.05) is 36.4 Å². The van der Waals surface area contributed by atoms with Crippen LogP contribution in [0.4, 0.5) is 5.69 Å². The molecule has 2 aromatic carbocycles. The Bertz CT molecular complexity index is 780. The monoisotopic (exact) mass is 281 g/mol. The molecule has 0 spiro atoms. The number of para-hydroxylation sites is 1. The molecule has 0 saturated heterocycles. The number of nitrogens with zero attached hydrogens (tertiary/aromatic N) is 1. The molecule has 5 nitrogen and oxygen atoms in total. The minimum atomic E-state index is -0.327. The van der Waals surface area contributed by atoms with Crippen LogP contribution in [0.3, 0.4) is 0 Å². The van der Waals surface area contributed by atoms with Gasteiger partial charge in [0.2, 0.25) is 0 Å². The lowest BCUT2D eigenvalue weighted by molar-refractivity contribution is 0.0599. The van der Waals surface area contributed by atoms with E-state index in [1.54, 1.807) is 12.3 Å². The molecule has 21 heavy (non-hydrogen) atoms. The Kier molecular flexibility index (Phi) is 3.55. The summed E-state index contributed by atoms with van der Waals surface area (Å²) in [7, 11) is 1.39. The Hall–Kier alpha value is -2.82. The number of esters is 1. The highest BCUT2D eigenvalue weighted by molar-refractivity contribution is 5.92. The lowest BCUT2D eigenvalue weighted by atomic mass is 10.1. The van der Waals surface area contributed by atoms with E-state index in [-0.39, 0.29) is 5.97 Å². The Morgan fingerprint density at radius 3 is 2.95 bits per heavy atom. The summed E-state index contributed by atoms with van der Waals surface area (Å²) in [6, 6.07) is 13.3. The second-order valence-corrected chi connectivity index (χ2v) is 4.64. The molecule has 3 aromatic rings. The first-order valence-corrected chi connectivity index (χ1v) is 6.62. The number of methoxy groups -OCH3 is 1. The van der Waals surface area contributed by atoms with E-state index in [0.717, 1.165) is 22.2 Å². The van der Waals surface area contributed by atoms with Gasteiger partial charge in [-0.2, -0.15) is 5.10 Å². The second-order valence-electron chi connectivity index (χ2n) is 4.64. The summed E-state index contributed by atoms with van der Waals surface area (Å²) in [5.74, 6) is -0.327. The number of anilines is 1. The highest BCUT2D eigenvalue weighted by Gasteiger charge is 2.11. The van der Waals surface area contributed by atoms with Gasteiger partial charge in [-0.1, -0.05) is 30.3 Å². The van der Waals surface area contributed by atoms with Gasteiger partial charge in [0.25, 0.3) is 0 Å². The van der Waals surface area contributed by atoms with Crippen molar-refractivity contribution in [2.75, 3.05) is 12.4 Å². The number of benzene rings is 2. The highest BCUT2D eigenvalue weighted by atomic mass is 16.5. The molecular weight excluding hydrogens is 266 g/mol. The van der Waals surface area contributed by atoms with Crippen molar-refractivity contribution in [1.29, 1.82) is 0 Å². The van der Waals surface area contributed by atoms with Crippen LogP contribution < -0.4 is 5.32 Å². The van der Waals surface area contributed by atoms with Crippen molar-refractivity contribution in [1.82, 2.24) is 10.2 Å². The molecule has 0 aliphatic heterocycles. The van der Waals surface area contributed by atoms with Crippen molar-refractivity contribution in [3.05, 3.63) is 59.8 Å². The zero-order valence-electron chi connectivity index (χ0n) is 11.6. The number of fused-ring (bicyclic) bond motifs is 1. The molecule has 3 rings (SSSR count). The standard InChI is InChI=1S/C16H15N3O2/c1-21-16(20)13-7-3-2-5-11(13)9-17-14-8-4-6-12-10-18-19-15(12)14/h2-8,10,17H,9H2,1H3,(H,18,19). The van der Waals surface area contributed by atoms with Crippen LogP contribution in [0.25, 0.3) is 10.9 Å². The van der Waals surface area contributed by atoms with Crippen LogP contribution in [-0.4, -0.2) is 23.3 Å². The van der Waals surface area contributed by atoms with Gasteiger partial charge in [0.15, 0.2) is 0 Å². The average Bonchev–Trinajstić information content (AvgIpc) is 3.01. The molecule has 0 atom stereocenters. The third kappa shape index (κ3) is 2.58. The van der Waals surface area contributed by atoms with Gasteiger partial charge in [-0.25, -0.2) is 4.79 Å². The minimum absolute atomic E-state index is 0.327. The number of nitrogens with one attached hydrogen (secondary N) is 2. The van der Waals surface area contributed by atoms with E-state index in [4.69, 9.17) is 4.74 Å². The molecule has 0 amide bonds. The molecule has 0 unspecified atom stereocenters. The fourth-order valence-corrected chi connectivity index (χ4v) is 2.29. The highest BCUT2D eigenvalue weighted by Crippen LogP contribution is 2.21. The van der Waals surface area contributed by atoms with Gasteiger partial charge in [0.1, 0.15) is 0 Å². The van der Waals surface area contributed by atoms with Crippen LogP contribution in [0, 0.1) is 0 Å². The first-order chi connectivity index (χ1) is 10.3. The number of rotatable bonds is 4. The molecule has 0 aliphatic rings. The third-order valence-corrected chi connectivity index (χ3v) is 3.37. The van der Waals surface area contributed by atoms with E-state index in [0.29, 0.717) is 12.1 Å². The smallest absolute Gasteiger partial charge is 0.338 e. The number of aromatic amines is 1. The number of ether oxygens (including phenoxy) is 1. The van der Waals surface area contributed by atoms with E-state index in [9.17, 15) is 4.79 Å². The van der Waals surface area contributed by atoms with Gasteiger partial charge in [-0.3, -0.25) is 5.10 Å². The van der Waals surface area contributed by atoms with E-state index < -0.39 is 0 Å². The minimum Gasteiger partial charge on any atom is -0.465 e. The Balaban J connectivity index is 1.85. The quantitative estimate of drug-likeness (QED) is 0.721. The predicted molar refractivity (Wildman–Crippen MR) is 81.2 cm³/mol. The van der Waals surface area contributed by atoms with Gasteiger partial charge < -0.3 is 10.1 Å². The normalized spacial score (nSPS) is 10.5. The molecule has 0 bridgehead atoms. The van der Waals surface area contributed by atoms with Crippen molar-refractivity contribution >= 4 is 22.6 Å². The molecule has 0 aliphatic carbocycles. The van der Waals surface area contributed by atoms with Crippen LogP contribution in [0.15, 0.2) is 48.7 Å². The summed E-state index contributed by atoms with van der Waals surface area (Å²) in [6.45, 7) is 0.531. The Labute approximate surface area is 121 Å². The van der Waals surface area contributed by atoms with Crippen molar-refractivity contribution < 1.29 is 9.53 Å². The van der Waals surface area contributed by atoms with Crippen molar-refractivity contribution in [2.24, 2.45) is 0 Å². The third-order valence-electron chi connectivity index (χ3n) is 3.37. The molecule has 5 heteroatoms. The topological polar surface area (TPSA) is 67.0 Å². The first-order valence-electron chi connectivity index (χ1n) is 6.62. The molecule has 1 heterocycles. The van der Waals surface area contributed by atoms with Crippen molar-refractivity contribution in [3.63, 3.8) is 0 Å². The number of hydrogen-bond acceptors (Lipinski definition) is 4. The SMILES string of the molecule is COC(=O)c1ccccc1CNc1cccc2cn[nH]c12. The van der Waals surface area contributed by atoms with E-state index in [2.05, 4.69) is 15.5 Å². The maximum atomic E-state index is 11.8. The zero-order chi connectivity index (χ0) is 14.7. The van der Waals surface area contributed by atoms with Crippen molar-refractivity contribution in [3.8, 4) is 0 Å². The maximum Gasteiger partial charge on any atom is 0.338 e. The summed E-state index contributed by atoms with van der Waals surface area (Å²) in [6.07, 6.45) is 1.78. The van der Waals surface area contributed by atoms with Gasteiger partial charge in [-0.05, 0) is 17.7 Å². The summed E-state index contributed by atoms with van der Waals surface area (Å²) >= 11 is 0. The van der Waals surface area contributed by atoms with E-state index in [1.165, 1.54) is 7.11 Å². The molecule has 1 aromatic heterocycles. The van der Waals surface area contributed by atoms with Gasteiger partial charge in [0.05, 0.1) is 30.1 Å². The molecule has 2 N–H and O–H groups in total. The van der Waals surface area contributed by atoms with Gasteiger partial charge >= 0.3 is 5.97 Å². The number of carbonyl (C=O) groups excluding carboxylic acids is 1. The molecular formula is C16H15N3O2. The first kappa shape index (κ1) is 13.2. The van der Waals surface area contributed by atoms with Crippen LogP contribution in [0.2, 0.25) is 0 Å². The van der Waals surface area contributed by atoms with Gasteiger partial charge in [-0.15, -0.1) is 0 Å². The summed E-state index contributed by atoms with van der Waals surface area (Å²) < 4.78 is 4.80. The number of H-pyrrole nitrogens is 1. The van der Waals surface area contributed by atoms with Crippen LogP contribution >= 0.6 is 0 Å². The lowest BCUT2D eigenvalue weighted by Gasteiger charge is -2.10. The zero-order valence-corrected chi connectivity index (χ0v) is 11.6. The number of aromatic nitrogens is 2. The number of hydrogen-bond donors (Lipinski definition) is 2. The van der Waals surface area contributed by atoms with Gasteiger partial charge in [0, 0.05) is 11.9 Å². The molecule has 0 saturated carbocycles. The van der Waals surface area contributed by atoms with E-state index >= 15 is 0 Å². The molecule has 0 fully saturated rings. The maximum absolute atomic E-state index is 11.8. The van der Waals surface area contributed by atoms with Crippen molar-refractivity contribution in [2.45, 2.75) is 6.54 Å². The number of carbonyl (C=O) groups is 1. The van der Waals surface area contributed by atoms with Crippen LogP contribution in [0.5, 0.6) is 0 Å². The van der Waals surface area contributed by atoms with Crippen LogP contribution in [-0.2, 0) is 11.3 Å². The second kappa shape index (κ2) is 5.66. The Morgan fingerprint density at radius 2 is 2.10 bits per heavy atom. The lowest BCUT2D eigenvalue weighted by Crippen LogP contribution is -2.09. The summed E-state index contributed by atoms with van der Waals surface area (Å²) in [5.41, 5.74) is 3.36. The predicted octanol–water partition coefficient (Wildman–Crippen LogP) is 2.96. The molecule has 106 valence electrons. The fourth-order valence-electron chi connectivity index (χ4n) is 2.29. The summed E-state index contributed by atoms with van der Waals surface area (Å²) in [4.78, 5) is 11.8. The Morgan fingerprint density at radius 1 is 1.24 bits per heavy atom. The average molecular weight is 281 g/mol. The summed E-state index contributed by atoms with van der Waals surface area (Å²) in [5, 5.41) is 11.4. The fraction of sp³-hybridized carbons (Fsp3) is 0.125. The molecule has 0 radical (unpaired) electrons. The van der Waals surface area contributed by atoms with Crippen LogP contribution in [0.1, 0.15) is 15.9 Å².